The van der Waals surface area contributed by atoms with Crippen molar-refractivity contribution in [3.63, 3.8) is 0 Å². The number of rotatable bonds is 2. The highest BCUT2D eigenvalue weighted by molar-refractivity contribution is 5.13. The van der Waals surface area contributed by atoms with Crippen molar-refractivity contribution < 1.29 is 4.74 Å². The standard InChI is InChI=1S/C11H16N2O2/c1-8-2-4-9(5-3-8)15-10-6-11(14)13-12-7-10/h6-9H,2-5H2,1H3,(H,13,14). The lowest BCUT2D eigenvalue weighted by molar-refractivity contribution is 0.134. The molecule has 0 saturated heterocycles. The number of hydrogen-bond acceptors (Lipinski definition) is 3. The molecule has 0 atom stereocenters. The molecule has 82 valence electrons. The third-order valence-electron chi connectivity index (χ3n) is 2.91. The van der Waals surface area contributed by atoms with Crippen LogP contribution in [0.15, 0.2) is 17.1 Å². The van der Waals surface area contributed by atoms with Crippen molar-refractivity contribution in [2.75, 3.05) is 0 Å². The molecule has 1 N–H and O–H groups in total. The summed E-state index contributed by atoms with van der Waals surface area (Å²) in [6.45, 7) is 2.27. The van der Waals surface area contributed by atoms with E-state index in [1.165, 1.54) is 18.9 Å². The average molecular weight is 208 g/mol. The first-order chi connectivity index (χ1) is 7.24. The Morgan fingerprint density at radius 1 is 1.40 bits per heavy atom. The van der Waals surface area contributed by atoms with Crippen LogP contribution >= 0.6 is 0 Å². The summed E-state index contributed by atoms with van der Waals surface area (Å²) in [5.41, 5.74) is -0.211. The van der Waals surface area contributed by atoms with Gasteiger partial charge in [0.1, 0.15) is 5.75 Å². The van der Waals surface area contributed by atoms with Gasteiger partial charge in [-0.15, -0.1) is 0 Å². The van der Waals surface area contributed by atoms with Crippen molar-refractivity contribution in [3.05, 3.63) is 22.6 Å². The second-order valence-corrected chi connectivity index (χ2v) is 4.28. The van der Waals surface area contributed by atoms with Crippen molar-refractivity contribution in [2.24, 2.45) is 5.92 Å². The van der Waals surface area contributed by atoms with Crippen LogP contribution in [0.25, 0.3) is 0 Å². The van der Waals surface area contributed by atoms with Crippen molar-refractivity contribution in [3.8, 4) is 5.75 Å². The summed E-state index contributed by atoms with van der Waals surface area (Å²) in [6.07, 6.45) is 6.38. The second-order valence-electron chi connectivity index (χ2n) is 4.28. The smallest absolute Gasteiger partial charge is 0.267 e. The molecule has 0 aliphatic heterocycles. The van der Waals surface area contributed by atoms with Crippen LogP contribution < -0.4 is 10.3 Å². The molecule has 15 heavy (non-hydrogen) atoms. The van der Waals surface area contributed by atoms with E-state index >= 15 is 0 Å². The fraction of sp³-hybridized carbons (Fsp3) is 0.636. The van der Waals surface area contributed by atoms with Crippen LogP contribution in [-0.2, 0) is 0 Å². The summed E-state index contributed by atoms with van der Waals surface area (Å²) in [4.78, 5) is 11.0. The van der Waals surface area contributed by atoms with Crippen LogP contribution in [0, 0.1) is 5.92 Å². The molecule has 1 aromatic heterocycles. The Bertz CT molecular complexity index is 367. The van der Waals surface area contributed by atoms with Gasteiger partial charge in [-0.25, -0.2) is 5.10 Å². The van der Waals surface area contributed by atoms with E-state index in [2.05, 4.69) is 17.1 Å². The zero-order valence-electron chi connectivity index (χ0n) is 8.90. The summed E-state index contributed by atoms with van der Waals surface area (Å²) in [7, 11) is 0. The molecule has 1 aromatic rings. The van der Waals surface area contributed by atoms with E-state index in [1.54, 1.807) is 6.20 Å². The Labute approximate surface area is 88.7 Å². The molecule has 1 saturated carbocycles. The lowest BCUT2D eigenvalue weighted by atomic mass is 9.89. The van der Waals surface area contributed by atoms with Crippen LogP contribution in [0.3, 0.4) is 0 Å². The lowest BCUT2D eigenvalue weighted by Gasteiger charge is -2.26. The van der Waals surface area contributed by atoms with Gasteiger partial charge in [-0.2, -0.15) is 5.10 Å². The molecule has 0 aromatic carbocycles. The number of hydrogen-bond donors (Lipinski definition) is 1. The maximum atomic E-state index is 11.0. The summed E-state index contributed by atoms with van der Waals surface area (Å²) in [5, 5.41) is 6.03. The van der Waals surface area contributed by atoms with E-state index in [-0.39, 0.29) is 11.7 Å². The Morgan fingerprint density at radius 2 is 2.13 bits per heavy atom. The van der Waals surface area contributed by atoms with Crippen molar-refractivity contribution in [1.82, 2.24) is 10.2 Å². The maximum Gasteiger partial charge on any atom is 0.267 e. The molecule has 0 radical (unpaired) electrons. The summed E-state index contributed by atoms with van der Waals surface area (Å²) in [5.74, 6) is 1.39. The highest BCUT2D eigenvalue weighted by Gasteiger charge is 2.19. The minimum atomic E-state index is -0.211. The Kier molecular flexibility index (Phi) is 3.04. The SMILES string of the molecule is CC1CCC(Oc2cn[nH]c(=O)c2)CC1. The van der Waals surface area contributed by atoms with Gasteiger partial charge in [-0.1, -0.05) is 6.92 Å². The molecule has 4 nitrogen and oxygen atoms in total. The van der Waals surface area contributed by atoms with Crippen LogP contribution in [-0.4, -0.2) is 16.3 Å². The van der Waals surface area contributed by atoms with E-state index in [0.29, 0.717) is 5.75 Å². The van der Waals surface area contributed by atoms with Crippen LogP contribution in [0.5, 0.6) is 5.75 Å². The zero-order chi connectivity index (χ0) is 10.7. The Hall–Kier alpha value is -1.32. The summed E-state index contributed by atoms with van der Waals surface area (Å²) in [6, 6.07) is 1.45. The van der Waals surface area contributed by atoms with E-state index in [9.17, 15) is 4.79 Å². The lowest BCUT2D eigenvalue weighted by Crippen LogP contribution is -2.23. The molecule has 1 aliphatic carbocycles. The van der Waals surface area contributed by atoms with Gasteiger partial charge in [-0.05, 0) is 31.6 Å². The molecule has 0 bridgehead atoms. The number of aromatic amines is 1. The molecule has 0 amide bonds. The quantitative estimate of drug-likeness (QED) is 0.805. The third kappa shape index (κ3) is 2.81. The molecular formula is C11H16N2O2. The van der Waals surface area contributed by atoms with Gasteiger partial charge in [-0.3, -0.25) is 4.79 Å². The summed E-state index contributed by atoms with van der Waals surface area (Å²) < 4.78 is 5.70. The Morgan fingerprint density at radius 3 is 2.80 bits per heavy atom. The van der Waals surface area contributed by atoms with Crippen LogP contribution in [0.4, 0.5) is 0 Å². The predicted molar refractivity (Wildman–Crippen MR) is 56.9 cm³/mol. The van der Waals surface area contributed by atoms with Gasteiger partial charge >= 0.3 is 0 Å². The van der Waals surface area contributed by atoms with Gasteiger partial charge < -0.3 is 4.74 Å². The topological polar surface area (TPSA) is 55.0 Å². The largest absolute Gasteiger partial charge is 0.489 e. The van der Waals surface area contributed by atoms with Gasteiger partial charge in [0.05, 0.1) is 12.3 Å². The maximum absolute atomic E-state index is 11.0. The number of nitrogens with zero attached hydrogens (tertiary/aromatic N) is 1. The molecule has 1 fully saturated rings. The Balaban J connectivity index is 1.94. The first-order valence-corrected chi connectivity index (χ1v) is 5.45. The molecule has 4 heteroatoms. The van der Waals surface area contributed by atoms with Crippen molar-refractivity contribution in [1.29, 1.82) is 0 Å². The highest BCUT2D eigenvalue weighted by Crippen LogP contribution is 2.26. The van der Waals surface area contributed by atoms with E-state index < -0.39 is 0 Å². The predicted octanol–water partition coefficient (Wildman–Crippen LogP) is 1.73. The fourth-order valence-electron chi connectivity index (χ4n) is 1.96. The minimum absolute atomic E-state index is 0.211. The molecule has 1 aliphatic rings. The molecule has 1 heterocycles. The number of nitrogens with one attached hydrogen (secondary N) is 1. The van der Waals surface area contributed by atoms with E-state index in [1.807, 2.05) is 0 Å². The molecule has 0 spiro atoms. The number of ether oxygens (including phenoxy) is 1. The minimum Gasteiger partial charge on any atom is -0.489 e. The average Bonchev–Trinajstić information content (AvgIpc) is 2.22. The normalized spacial score (nSPS) is 26.2. The van der Waals surface area contributed by atoms with Gasteiger partial charge in [0, 0.05) is 6.07 Å². The first kappa shape index (κ1) is 10.2. The third-order valence-corrected chi connectivity index (χ3v) is 2.91. The molecule has 0 unspecified atom stereocenters. The molecule has 2 rings (SSSR count). The first-order valence-electron chi connectivity index (χ1n) is 5.45. The highest BCUT2D eigenvalue weighted by atomic mass is 16.5. The number of H-pyrrole nitrogens is 1. The van der Waals surface area contributed by atoms with E-state index in [0.717, 1.165) is 18.8 Å². The van der Waals surface area contributed by atoms with Crippen LogP contribution in [0.1, 0.15) is 32.6 Å². The van der Waals surface area contributed by atoms with Crippen LogP contribution in [0.2, 0.25) is 0 Å². The second kappa shape index (κ2) is 4.47. The number of aromatic nitrogens is 2. The zero-order valence-corrected chi connectivity index (χ0v) is 8.90. The fourth-order valence-corrected chi connectivity index (χ4v) is 1.96. The van der Waals surface area contributed by atoms with Gasteiger partial charge in [0.2, 0.25) is 0 Å². The summed E-state index contributed by atoms with van der Waals surface area (Å²) >= 11 is 0. The van der Waals surface area contributed by atoms with Gasteiger partial charge in [0.15, 0.2) is 0 Å². The molecular weight excluding hydrogens is 192 g/mol. The van der Waals surface area contributed by atoms with Crippen molar-refractivity contribution >= 4 is 0 Å². The monoisotopic (exact) mass is 208 g/mol. The van der Waals surface area contributed by atoms with Gasteiger partial charge in [0.25, 0.3) is 5.56 Å². The van der Waals surface area contributed by atoms with Crippen molar-refractivity contribution in [2.45, 2.75) is 38.7 Å². The van der Waals surface area contributed by atoms with E-state index in [4.69, 9.17) is 4.74 Å².